The second-order valence-electron chi connectivity index (χ2n) is 9.48. The molecule has 0 radical (unpaired) electrons. The SMILES string of the molecule is BrCc1ccc(Br)cc1.C1CCOC1.C=CCCCCCCBr.C=CCCCCCCCc1ccc(Br)cc1.[H-].[H-].[Mg+2]. The minimum absolute atomic E-state index is 0. The Hall–Kier alpha value is 0.566. The van der Waals surface area contributed by atoms with Crippen LogP contribution in [0.2, 0.25) is 0 Å². The van der Waals surface area contributed by atoms with Gasteiger partial charge in [-0.15, -0.1) is 13.2 Å². The maximum Gasteiger partial charge on any atom is 2.00 e. The van der Waals surface area contributed by atoms with E-state index in [4.69, 9.17) is 4.74 Å². The first kappa shape index (κ1) is 42.7. The fourth-order valence-corrected chi connectivity index (χ4v) is 4.92. The van der Waals surface area contributed by atoms with Crippen molar-refractivity contribution in [3.05, 3.63) is 93.9 Å². The molecule has 1 aliphatic rings. The third kappa shape index (κ3) is 30.0. The largest absolute Gasteiger partial charge is 2.00 e. The molecule has 0 N–H and O–H groups in total. The molecule has 0 unspecified atom stereocenters. The van der Waals surface area contributed by atoms with Gasteiger partial charge in [0.15, 0.2) is 0 Å². The van der Waals surface area contributed by atoms with Gasteiger partial charge in [-0.1, -0.05) is 132 Å². The third-order valence-electron chi connectivity index (χ3n) is 5.97. The third-order valence-corrected chi connectivity index (χ3v) is 8.24. The molecule has 0 saturated carbocycles. The van der Waals surface area contributed by atoms with E-state index in [1.165, 1.54) is 105 Å². The van der Waals surface area contributed by atoms with Crippen LogP contribution in [0.15, 0.2) is 82.8 Å². The second kappa shape index (κ2) is 34.1. The van der Waals surface area contributed by atoms with E-state index in [1.807, 2.05) is 24.3 Å². The summed E-state index contributed by atoms with van der Waals surface area (Å²) in [5, 5.41) is 2.08. The van der Waals surface area contributed by atoms with Crippen molar-refractivity contribution < 1.29 is 7.59 Å². The van der Waals surface area contributed by atoms with Gasteiger partial charge in [-0.25, -0.2) is 0 Å². The number of benzene rings is 2. The maximum absolute atomic E-state index is 4.94. The summed E-state index contributed by atoms with van der Waals surface area (Å²) in [5.74, 6) is 0. The van der Waals surface area contributed by atoms with Crippen molar-refractivity contribution in [3.8, 4) is 0 Å². The molecular formula is C34H52Br4MgO. The number of ether oxygens (including phenoxy) is 1. The van der Waals surface area contributed by atoms with Crippen LogP contribution in [0.25, 0.3) is 0 Å². The zero-order valence-corrected chi connectivity index (χ0v) is 32.3. The van der Waals surface area contributed by atoms with Gasteiger partial charge in [-0.2, -0.15) is 0 Å². The normalized spacial score (nSPS) is 11.4. The van der Waals surface area contributed by atoms with E-state index in [-0.39, 0.29) is 25.9 Å². The summed E-state index contributed by atoms with van der Waals surface area (Å²) < 4.78 is 7.24. The van der Waals surface area contributed by atoms with Crippen LogP contribution in [0.1, 0.15) is 97.5 Å². The Balaban J connectivity index is -0.000000240. The van der Waals surface area contributed by atoms with Crippen LogP contribution in [0.4, 0.5) is 0 Å². The van der Waals surface area contributed by atoms with Gasteiger partial charge in [-0.05, 0) is 93.2 Å². The summed E-state index contributed by atoms with van der Waals surface area (Å²) in [4.78, 5) is 0. The fraction of sp³-hybridized carbons (Fsp3) is 0.529. The van der Waals surface area contributed by atoms with Gasteiger partial charge in [0.25, 0.3) is 0 Å². The van der Waals surface area contributed by atoms with Crippen LogP contribution in [-0.4, -0.2) is 41.6 Å². The minimum Gasteiger partial charge on any atom is -1.00 e. The molecule has 0 amide bonds. The van der Waals surface area contributed by atoms with E-state index in [9.17, 15) is 0 Å². The van der Waals surface area contributed by atoms with E-state index in [0.717, 1.165) is 28.3 Å². The minimum atomic E-state index is 0. The van der Waals surface area contributed by atoms with Crippen molar-refractivity contribution in [2.75, 3.05) is 18.5 Å². The van der Waals surface area contributed by atoms with Crippen LogP contribution >= 0.6 is 63.7 Å². The predicted molar refractivity (Wildman–Crippen MR) is 198 cm³/mol. The first-order valence-corrected chi connectivity index (χ1v) is 18.3. The molecule has 0 aliphatic carbocycles. The predicted octanol–water partition coefficient (Wildman–Crippen LogP) is 13.0. The van der Waals surface area contributed by atoms with Crippen LogP contribution < -0.4 is 0 Å². The van der Waals surface area contributed by atoms with Crippen LogP contribution in [0.5, 0.6) is 0 Å². The van der Waals surface area contributed by atoms with E-state index in [1.54, 1.807) is 0 Å². The summed E-state index contributed by atoms with van der Waals surface area (Å²) in [6.07, 6.45) is 22.2. The molecule has 2 aromatic rings. The zero-order chi connectivity index (χ0) is 28.8. The summed E-state index contributed by atoms with van der Waals surface area (Å²) in [6, 6.07) is 16.9. The van der Waals surface area contributed by atoms with E-state index < -0.39 is 0 Å². The number of aryl methyl sites for hydroxylation is 1. The molecule has 0 aromatic heterocycles. The molecule has 3 rings (SSSR count). The van der Waals surface area contributed by atoms with Gasteiger partial charge >= 0.3 is 23.1 Å². The zero-order valence-electron chi connectivity index (χ0n) is 26.5. The average molecular weight is 821 g/mol. The molecule has 0 atom stereocenters. The van der Waals surface area contributed by atoms with Crippen LogP contribution in [0.3, 0.4) is 0 Å². The number of alkyl halides is 2. The van der Waals surface area contributed by atoms with Crippen LogP contribution in [-0.2, 0) is 16.5 Å². The summed E-state index contributed by atoms with van der Waals surface area (Å²) in [7, 11) is 0. The first-order chi connectivity index (χ1) is 19.1. The topological polar surface area (TPSA) is 9.23 Å². The Bertz CT molecular complexity index is 797. The summed E-state index contributed by atoms with van der Waals surface area (Å²) >= 11 is 13.6. The number of allylic oxidation sites excluding steroid dienone is 2. The van der Waals surface area contributed by atoms with Gasteiger partial charge < -0.3 is 7.59 Å². The summed E-state index contributed by atoms with van der Waals surface area (Å²) in [6.45, 7) is 9.41. The Morgan fingerprint density at radius 2 is 1.05 bits per heavy atom. The van der Waals surface area contributed by atoms with Gasteiger partial charge in [0, 0.05) is 32.8 Å². The van der Waals surface area contributed by atoms with E-state index >= 15 is 0 Å². The number of halogens is 4. The fourth-order valence-electron chi connectivity index (χ4n) is 3.62. The van der Waals surface area contributed by atoms with Gasteiger partial charge in [-0.3, -0.25) is 0 Å². The Morgan fingerprint density at radius 1 is 0.625 bits per heavy atom. The average Bonchev–Trinajstić information content (AvgIpc) is 3.55. The molecule has 6 heteroatoms. The Morgan fingerprint density at radius 3 is 1.45 bits per heavy atom. The number of hydrogen-bond acceptors (Lipinski definition) is 1. The number of unbranched alkanes of at least 4 members (excludes halogenated alkanes) is 9. The molecule has 0 spiro atoms. The maximum atomic E-state index is 4.94. The first-order valence-electron chi connectivity index (χ1n) is 14.5. The molecule has 2 aromatic carbocycles. The van der Waals surface area contributed by atoms with Crippen molar-refractivity contribution >= 4 is 86.8 Å². The number of rotatable bonds is 15. The smallest absolute Gasteiger partial charge is 1.00 e. The molecule has 1 heterocycles. The summed E-state index contributed by atoms with van der Waals surface area (Å²) in [5.41, 5.74) is 2.76. The van der Waals surface area contributed by atoms with Crippen molar-refractivity contribution in [3.63, 3.8) is 0 Å². The van der Waals surface area contributed by atoms with Crippen molar-refractivity contribution in [1.29, 1.82) is 0 Å². The van der Waals surface area contributed by atoms with Crippen molar-refractivity contribution in [2.24, 2.45) is 0 Å². The van der Waals surface area contributed by atoms with Crippen molar-refractivity contribution in [2.45, 2.75) is 95.2 Å². The van der Waals surface area contributed by atoms with E-state index in [0.29, 0.717) is 0 Å². The Kier molecular flexibility index (Phi) is 36.4. The van der Waals surface area contributed by atoms with Crippen LogP contribution in [0, 0.1) is 0 Å². The standard InChI is InChI=1S/C15H21Br.C8H15Br.C7H6Br2.C4H8O.Mg.2H/c1-2-3-4-5-6-7-8-9-14-10-12-15(16)13-11-14;1-2-3-4-5-6-7-8-9;8-5-6-1-3-7(9)4-2-6;1-2-4-5-3-1;;;/h2,10-13H,1,3-9H2;2H,1,3-8H2;1-4H,5H2;1-4H2;;;/q;;;;+2;2*-1. The molecular weight excluding hydrogens is 768 g/mol. The van der Waals surface area contributed by atoms with Gasteiger partial charge in [0.2, 0.25) is 0 Å². The van der Waals surface area contributed by atoms with Gasteiger partial charge in [0.05, 0.1) is 0 Å². The Labute approximate surface area is 299 Å². The molecule has 1 nitrogen and oxygen atoms in total. The molecule has 40 heavy (non-hydrogen) atoms. The molecule has 0 bridgehead atoms. The molecule has 1 saturated heterocycles. The molecule has 1 fully saturated rings. The number of hydrogen-bond donors (Lipinski definition) is 0. The van der Waals surface area contributed by atoms with E-state index in [2.05, 4.69) is 113 Å². The second-order valence-corrected chi connectivity index (χ2v) is 12.7. The van der Waals surface area contributed by atoms with Crippen molar-refractivity contribution in [1.82, 2.24) is 0 Å². The monoisotopic (exact) mass is 816 g/mol. The van der Waals surface area contributed by atoms with Gasteiger partial charge in [0.1, 0.15) is 0 Å². The molecule has 1 aliphatic heterocycles. The quantitative estimate of drug-likeness (QED) is 0.0753. The molecule has 224 valence electrons.